The number of nitrogens with zero attached hydrogens (tertiary/aromatic N) is 1. The van der Waals surface area contributed by atoms with Gasteiger partial charge in [0.05, 0.1) is 12.5 Å². The number of unbranched alkanes of at least 4 members (excludes halogenated alkanes) is 1. The number of carbonyl (C=O) groups excluding carboxylic acids is 3. The lowest BCUT2D eigenvalue weighted by atomic mass is 9.97. The van der Waals surface area contributed by atoms with Crippen molar-refractivity contribution in [2.75, 3.05) is 18.9 Å². The quantitative estimate of drug-likeness (QED) is 0.755. The molecule has 130 valence electrons. The molecular weight excluding hydrogens is 326 g/mol. The van der Waals surface area contributed by atoms with Gasteiger partial charge in [0.1, 0.15) is 6.61 Å². The van der Waals surface area contributed by atoms with E-state index in [0.29, 0.717) is 5.75 Å². The van der Waals surface area contributed by atoms with E-state index < -0.39 is 12.0 Å². The fourth-order valence-electron chi connectivity index (χ4n) is 2.59. The van der Waals surface area contributed by atoms with Gasteiger partial charge < -0.3 is 4.74 Å². The average Bonchev–Trinajstić information content (AvgIpc) is 2.99. The third-order valence-electron chi connectivity index (χ3n) is 3.98. The summed E-state index contributed by atoms with van der Waals surface area (Å²) in [6.45, 7) is 4.13. The molecule has 0 saturated carbocycles. The molecule has 0 radical (unpaired) electrons. The highest BCUT2D eigenvalue weighted by Crippen LogP contribution is 2.26. The fourth-order valence-corrected chi connectivity index (χ4v) is 3.33. The van der Waals surface area contributed by atoms with Crippen molar-refractivity contribution in [3.8, 4) is 0 Å². The Morgan fingerprint density at radius 3 is 2.54 bits per heavy atom. The Hall–Kier alpha value is -1.82. The Balaban J connectivity index is 2.16. The summed E-state index contributed by atoms with van der Waals surface area (Å²) in [6.07, 6.45) is 2.67. The molecule has 24 heavy (non-hydrogen) atoms. The van der Waals surface area contributed by atoms with Crippen molar-refractivity contribution < 1.29 is 19.1 Å². The number of rotatable bonds is 7. The van der Waals surface area contributed by atoms with E-state index in [4.69, 9.17) is 4.74 Å². The molecule has 5 nitrogen and oxygen atoms in total. The Kier molecular flexibility index (Phi) is 6.85. The zero-order valence-corrected chi connectivity index (χ0v) is 14.9. The van der Waals surface area contributed by atoms with Crippen LogP contribution >= 0.6 is 11.8 Å². The lowest BCUT2D eigenvalue weighted by Crippen LogP contribution is -2.36. The molecule has 1 aliphatic heterocycles. The first-order valence-corrected chi connectivity index (χ1v) is 9.21. The number of hydrogen-bond donors (Lipinski definition) is 0. The monoisotopic (exact) mass is 349 g/mol. The third-order valence-corrected chi connectivity index (χ3v) is 4.89. The molecule has 1 aliphatic rings. The van der Waals surface area contributed by atoms with Gasteiger partial charge in [-0.2, -0.15) is 0 Å². The summed E-state index contributed by atoms with van der Waals surface area (Å²) in [6, 6.07) is 7.89. The Labute approximate surface area is 146 Å². The lowest BCUT2D eigenvalue weighted by molar-refractivity contribution is -0.128. The van der Waals surface area contributed by atoms with Gasteiger partial charge in [0.15, 0.2) is 5.12 Å². The van der Waals surface area contributed by atoms with E-state index in [1.54, 1.807) is 0 Å². The van der Waals surface area contributed by atoms with Gasteiger partial charge in [-0.15, -0.1) is 0 Å². The van der Waals surface area contributed by atoms with Crippen LogP contribution in [0.4, 0.5) is 4.79 Å². The number of cyclic esters (lactones) is 1. The van der Waals surface area contributed by atoms with Crippen LogP contribution < -0.4 is 0 Å². The van der Waals surface area contributed by atoms with Gasteiger partial charge in [0.25, 0.3) is 0 Å². The number of thioether (sulfide) groups is 1. The van der Waals surface area contributed by atoms with Crippen LogP contribution in [0.2, 0.25) is 0 Å². The number of carbonyl (C=O) groups is 3. The summed E-state index contributed by atoms with van der Waals surface area (Å²) in [4.78, 5) is 36.8. The molecule has 2 amide bonds. The minimum Gasteiger partial charge on any atom is -0.447 e. The van der Waals surface area contributed by atoms with Crippen LogP contribution in [0.3, 0.4) is 0 Å². The summed E-state index contributed by atoms with van der Waals surface area (Å²) >= 11 is 1.10. The number of imide groups is 1. The number of ether oxygens (including phenoxy) is 1. The second-order valence-electron chi connectivity index (χ2n) is 5.80. The van der Waals surface area contributed by atoms with E-state index >= 15 is 0 Å². The fraction of sp³-hybridized carbons (Fsp3) is 0.500. The molecule has 2 rings (SSSR count). The summed E-state index contributed by atoms with van der Waals surface area (Å²) in [5, 5.41) is -0.0450. The van der Waals surface area contributed by atoms with Crippen LogP contribution in [0, 0.1) is 0 Å². The van der Waals surface area contributed by atoms with E-state index in [2.05, 4.69) is 6.92 Å². The van der Waals surface area contributed by atoms with Crippen molar-refractivity contribution in [3.05, 3.63) is 35.4 Å². The normalized spacial score (nSPS) is 15.2. The summed E-state index contributed by atoms with van der Waals surface area (Å²) in [7, 11) is 0. The third kappa shape index (κ3) is 4.84. The summed E-state index contributed by atoms with van der Waals surface area (Å²) in [5.74, 6) is -0.496. The molecule has 1 aromatic carbocycles. The standard InChI is InChI=1S/C18H23NO4S/c1-3-4-5-14-6-8-15(9-7-14)16(12-24-13(2)20)17(21)19-10-11-23-18(19)22/h6-9,16H,3-5,10-12H2,1-2H3/t16-/m1/s1. The number of amides is 2. The second-order valence-corrected chi connectivity index (χ2v) is 7.00. The van der Waals surface area contributed by atoms with Crippen LogP contribution in [-0.4, -0.2) is 40.9 Å². The highest BCUT2D eigenvalue weighted by atomic mass is 32.2. The highest BCUT2D eigenvalue weighted by Gasteiger charge is 2.34. The predicted molar refractivity (Wildman–Crippen MR) is 94.0 cm³/mol. The van der Waals surface area contributed by atoms with Gasteiger partial charge in [0, 0.05) is 12.7 Å². The van der Waals surface area contributed by atoms with Crippen LogP contribution in [0.5, 0.6) is 0 Å². The second kappa shape index (κ2) is 8.87. The molecule has 0 N–H and O–H groups in total. The summed E-state index contributed by atoms with van der Waals surface area (Å²) in [5.41, 5.74) is 2.06. The van der Waals surface area contributed by atoms with Crippen LogP contribution in [0.1, 0.15) is 43.7 Å². The number of aryl methyl sites for hydroxylation is 1. The van der Waals surface area contributed by atoms with E-state index in [9.17, 15) is 14.4 Å². The maximum Gasteiger partial charge on any atom is 0.416 e. The highest BCUT2D eigenvalue weighted by molar-refractivity contribution is 8.13. The van der Waals surface area contributed by atoms with E-state index in [0.717, 1.165) is 41.5 Å². The molecule has 0 unspecified atom stereocenters. The Morgan fingerprint density at radius 1 is 1.29 bits per heavy atom. The molecule has 1 aromatic rings. The molecule has 1 heterocycles. The molecule has 0 aliphatic carbocycles. The van der Waals surface area contributed by atoms with Crippen LogP contribution in [0.15, 0.2) is 24.3 Å². The van der Waals surface area contributed by atoms with E-state index in [-0.39, 0.29) is 24.2 Å². The van der Waals surface area contributed by atoms with Gasteiger partial charge in [-0.1, -0.05) is 49.4 Å². The predicted octanol–water partition coefficient (Wildman–Crippen LogP) is 3.37. The van der Waals surface area contributed by atoms with Crippen molar-refractivity contribution >= 4 is 28.9 Å². The average molecular weight is 349 g/mol. The van der Waals surface area contributed by atoms with Crippen molar-refractivity contribution in [2.24, 2.45) is 0 Å². The number of benzene rings is 1. The number of hydrogen-bond acceptors (Lipinski definition) is 5. The zero-order valence-electron chi connectivity index (χ0n) is 14.1. The van der Waals surface area contributed by atoms with Gasteiger partial charge in [-0.3, -0.25) is 9.59 Å². The first kappa shape index (κ1) is 18.5. The molecule has 1 saturated heterocycles. The van der Waals surface area contributed by atoms with E-state index in [1.807, 2.05) is 24.3 Å². The van der Waals surface area contributed by atoms with E-state index in [1.165, 1.54) is 12.5 Å². The van der Waals surface area contributed by atoms with Gasteiger partial charge in [-0.25, -0.2) is 9.69 Å². The van der Waals surface area contributed by atoms with Crippen LogP contribution in [0.25, 0.3) is 0 Å². The topological polar surface area (TPSA) is 63.7 Å². The van der Waals surface area contributed by atoms with Gasteiger partial charge >= 0.3 is 6.09 Å². The van der Waals surface area contributed by atoms with Crippen molar-refractivity contribution in [1.82, 2.24) is 4.90 Å². The lowest BCUT2D eigenvalue weighted by Gasteiger charge is -2.20. The van der Waals surface area contributed by atoms with Crippen molar-refractivity contribution in [1.29, 1.82) is 0 Å². The SMILES string of the molecule is CCCCc1ccc([C@@H](CSC(C)=O)C(=O)N2CCOC2=O)cc1. The minimum absolute atomic E-state index is 0.0450. The molecule has 0 aromatic heterocycles. The molecular formula is C18H23NO4S. The Morgan fingerprint density at radius 2 is 2.00 bits per heavy atom. The van der Waals surface area contributed by atoms with Crippen molar-refractivity contribution in [3.63, 3.8) is 0 Å². The molecule has 1 fully saturated rings. The maximum absolute atomic E-state index is 12.7. The zero-order chi connectivity index (χ0) is 17.5. The first-order chi connectivity index (χ1) is 11.5. The van der Waals surface area contributed by atoms with Gasteiger partial charge in [-0.05, 0) is 24.0 Å². The molecule has 1 atom stereocenters. The smallest absolute Gasteiger partial charge is 0.416 e. The minimum atomic E-state index is -0.600. The molecule has 6 heteroatoms. The Bertz CT molecular complexity index is 600. The van der Waals surface area contributed by atoms with Gasteiger partial charge in [0.2, 0.25) is 5.91 Å². The first-order valence-electron chi connectivity index (χ1n) is 8.23. The largest absolute Gasteiger partial charge is 0.447 e. The van der Waals surface area contributed by atoms with Crippen molar-refractivity contribution in [2.45, 2.75) is 39.0 Å². The maximum atomic E-state index is 12.7. The van der Waals surface area contributed by atoms with Crippen LogP contribution in [-0.2, 0) is 20.7 Å². The summed E-state index contributed by atoms with van der Waals surface area (Å²) < 4.78 is 4.85. The molecule has 0 bridgehead atoms. The molecule has 0 spiro atoms.